The lowest BCUT2D eigenvalue weighted by Gasteiger charge is -2.14. The second-order valence-electron chi connectivity index (χ2n) is 5.33. The second-order valence-corrected chi connectivity index (χ2v) is 7.44. The summed E-state index contributed by atoms with van der Waals surface area (Å²) in [4.78, 5) is 24.6. The molecule has 1 heterocycles. The molecule has 0 aliphatic carbocycles. The zero-order chi connectivity index (χ0) is 19.7. The number of nitrogens with zero attached hydrogens (tertiary/aromatic N) is 2. The number of benzene rings is 2. The summed E-state index contributed by atoms with van der Waals surface area (Å²) in [5.41, 5.74) is 0.169. The Hall–Kier alpha value is -2.62. The van der Waals surface area contributed by atoms with Crippen molar-refractivity contribution in [3.8, 4) is 11.5 Å². The van der Waals surface area contributed by atoms with Crippen molar-refractivity contribution in [3.63, 3.8) is 0 Å². The third-order valence-corrected chi connectivity index (χ3v) is 5.17. The predicted molar refractivity (Wildman–Crippen MR) is 106 cm³/mol. The fourth-order valence-corrected chi connectivity index (χ4v) is 3.92. The van der Waals surface area contributed by atoms with Crippen LogP contribution in [-0.2, 0) is 4.79 Å². The monoisotopic (exact) mass is 421 g/mol. The molecule has 138 valence electrons. The van der Waals surface area contributed by atoms with Crippen LogP contribution in [0.4, 0.5) is 11.4 Å². The highest BCUT2D eigenvalue weighted by atomic mass is 35.5. The normalized spacial score (nSPS) is 15.5. The molecule has 27 heavy (non-hydrogen) atoms. The summed E-state index contributed by atoms with van der Waals surface area (Å²) in [7, 11) is 1.24. The molecule has 1 amide bonds. The fraction of sp³-hybridized carbons (Fsp3) is 0.0588. The number of rotatable bonds is 4. The number of ether oxygens (including phenoxy) is 1. The number of carbonyl (C=O) groups is 1. The van der Waals surface area contributed by atoms with E-state index in [1.165, 1.54) is 24.2 Å². The number of thioether (sulfide) groups is 1. The first-order valence-electron chi connectivity index (χ1n) is 7.38. The van der Waals surface area contributed by atoms with Crippen LogP contribution in [0.15, 0.2) is 41.3 Å². The lowest BCUT2D eigenvalue weighted by Crippen LogP contribution is -2.27. The average Bonchev–Trinajstić information content (AvgIpc) is 2.89. The van der Waals surface area contributed by atoms with E-state index >= 15 is 0 Å². The standard InChI is InChI=1S/C17H11ClN2O5S2/c1-25-13-6-9(5-12(15(13)21)20(23)24)7-14-16(22)19(17(26)27-14)11-4-2-3-10(18)8-11/h2-8,21H,1H3/p-1/b14-7-. The maximum Gasteiger partial charge on any atom is 0.270 e. The van der Waals surface area contributed by atoms with Gasteiger partial charge in [0.15, 0.2) is 4.32 Å². The number of nitro groups is 1. The maximum atomic E-state index is 12.8. The van der Waals surface area contributed by atoms with Crippen molar-refractivity contribution in [2.45, 2.75) is 0 Å². The molecule has 0 bridgehead atoms. The van der Waals surface area contributed by atoms with E-state index in [9.17, 15) is 20.0 Å². The Morgan fingerprint density at radius 3 is 2.70 bits per heavy atom. The SMILES string of the molecule is COc1cc(/C=C2\SC(=S)N(c3cccc(Cl)c3)C2=O)cc([N+](=O)[O-])c1[O-]. The minimum Gasteiger partial charge on any atom is -0.865 e. The first kappa shape index (κ1) is 19.2. The van der Waals surface area contributed by atoms with Gasteiger partial charge in [0.2, 0.25) is 0 Å². The topological polar surface area (TPSA) is 95.7 Å². The molecule has 0 radical (unpaired) electrons. The van der Waals surface area contributed by atoms with Gasteiger partial charge in [0.05, 0.1) is 22.6 Å². The Balaban J connectivity index is 2.01. The van der Waals surface area contributed by atoms with Crippen LogP contribution < -0.4 is 14.7 Å². The third-order valence-electron chi connectivity index (χ3n) is 3.63. The van der Waals surface area contributed by atoms with E-state index < -0.39 is 16.4 Å². The maximum absolute atomic E-state index is 12.8. The molecule has 3 rings (SSSR count). The largest absolute Gasteiger partial charge is 0.865 e. The van der Waals surface area contributed by atoms with Gasteiger partial charge in [-0.3, -0.25) is 19.8 Å². The van der Waals surface area contributed by atoms with E-state index in [-0.39, 0.29) is 22.1 Å². The number of hydrogen-bond acceptors (Lipinski definition) is 7. The van der Waals surface area contributed by atoms with Crippen molar-refractivity contribution in [3.05, 3.63) is 62.0 Å². The summed E-state index contributed by atoms with van der Waals surface area (Å²) in [5, 5.41) is 23.5. The van der Waals surface area contributed by atoms with Crippen LogP contribution >= 0.6 is 35.6 Å². The first-order valence-corrected chi connectivity index (χ1v) is 8.99. The Labute approximate surface area is 168 Å². The molecule has 7 nitrogen and oxygen atoms in total. The number of halogens is 1. The minimum atomic E-state index is -0.828. The average molecular weight is 422 g/mol. The zero-order valence-corrected chi connectivity index (χ0v) is 16.1. The number of nitro benzene ring substituents is 1. The quantitative estimate of drug-likeness (QED) is 0.321. The lowest BCUT2D eigenvalue weighted by molar-refractivity contribution is -0.398. The molecule has 2 aromatic rings. The smallest absolute Gasteiger partial charge is 0.270 e. The molecule has 2 aromatic carbocycles. The van der Waals surface area contributed by atoms with Gasteiger partial charge < -0.3 is 9.84 Å². The summed E-state index contributed by atoms with van der Waals surface area (Å²) in [6.07, 6.45) is 1.43. The van der Waals surface area contributed by atoms with E-state index in [4.69, 9.17) is 28.6 Å². The molecule has 1 fully saturated rings. The number of hydrogen-bond donors (Lipinski definition) is 0. The van der Waals surface area contributed by atoms with Crippen molar-refractivity contribution in [2.24, 2.45) is 0 Å². The molecule has 0 aromatic heterocycles. The van der Waals surface area contributed by atoms with Gasteiger partial charge in [0.25, 0.3) is 11.6 Å². The van der Waals surface area contributed by atoms with Crippen molar-refractivity contribution < 1.29 is 19.6 Å². The molecule has 10 heteroatoms. The third kappa shape index (κ3) is 3.75. The first-order chi connectivity index (χ1) is 12.8. The zero-order valence-electron chi connectivity index (χ0n) is 13.7. The molecule has 0 spiro atoms. The van der Waals surface area contributed by atoms with Gasteiger partial charge >= 0.3 is 0 Å². The van der Waals surface area contributed by atoms with Gasteiger partial charge in [-0.25, -0.2) is 0 Å². The summed E-state index contributed by atoms with van der Waals surface area (Å²) in [6, 6.07) is 9.10. The van der Waals surface area contributed by atoms with E-state index in [0.717, 1.165) is 17.8 Å². The Morgan fingerprint density at radius 1 is 1.33 bits per heavy atom. The van der Waals surface area contributed by atoms with Crippen LogP contribution in [0.3, 0.4) is 0 Å². The van der Waals surface area contributed by atoms with Crippen molar-refractivity contribution >= 4 is 63.3 Å². The molecule has 1 saturated heterocycles. The number of methoxy groups -OCH3 is 1. The Morgan fingerprint density at radius 2 is 2.07 bits per heavy atom. The van der Waals surface area contributed by atoms with Gasteiger partial charge in [-0.2, -0.15) is 0 Å². The van der Waals surface area contributed by atoms with Gasteiger partial charge in [0, 0.05) is 16.8 Å². The summed E-state index contributed by atoms with van der Waals surface area (Å²) >= 11 is 12.3. The van der Waals surface area contributed by atoms with E-state index in [0.29, 0.717) is 15.0 Å². The summed E-state index contributed by atoms with van der Waals surface area (Å²) in [5.74, 6) is -1.40. The molecule has 0 atom stereocenters. The second kappa shape index (κ2) is 7.55. The number of amides is 1. The molecule has 1 aliphatic rings. The number of anilines is 1. The van der Waals surface area contributed by atoms with E-state index in [2.05, 4.69) is 0 Å². The molecular formula is C17H10ClN2O5S2-. The van der Waals surface area contributed by atoms with Crippen molar-refractivity contribution in [1.82, 2.24) is 0 Å². The molecule has 1 aliphatic heterocycles. The molecule has 0 N–H and O–H groups in total. The number of carbonyl (C=O) groups excluding carboxylic acids is 1. The van der Waals surface area contributed by atoms with Gasteiger partial charge in [0.1, 0.15) is 5.75 Å². The van der Waals surface area contributed by atoms with Crippen LogP contribution in [0.25, 0.3) is 6.08 Å². The molecule has 0 saturated carbocycles. The highest BCUT2D eigenvalue weighted by molar-refractivity contribution is 8.27. The van der Waals surface area contributed by atoms with E-state index in [1.54, 1.807) is 24.3 Å². The van der Waals surface area contributed by atoms with Gasteiger partial charge in [-0.15, -0.1) is 0 Å². The van der Waals surface area contributed by atoms with Crippen LogP contribution in [0.1, 0.15) is 5.56 Å². The minimum absolute atomic E-state index is 0.180. The lowest BCUT2D eigenvalue weighted by atomic mass is 10.1. The van der Waals surface area contributed by atoms with Crippen LogP contribution in [-0.4, -0.2) is 22.3 Å². The Kier molecular flexibility index (Phi) is 5.36. The summed E-state index contributed by atoms with van der Waals surface area (Å²) < 4.78 is 5.21. The Bertz CT molecular complexity index is 1010. The molecule has 0 unspecified atom stereocenters. The highest BCUT2D eigenvalue weighted by Crippen LogP contribution is 2.39. The van der Waals surface area contributed by atoms with Gasteiger partial charge in [-0.1, -0.05) is 41.6 Å². The van der Waals surface area contributed by atoms with Crippen molar-refractivity contribution in [1.29, 1.82) is 0 Å². The predicted octanol–water partition coefficient (Wildman–Crippen LogP) is 3.74. The van der Waals surface area contributed by atoms with Crippen LogP contribution in [0.5, 0.6) is 11.5 Å². The molecular weight excluding hydrogens is 412 g/mol. The number of thiocarbonyl (C=S) groups is 1. The van der Waals surface area contributed by atoms with Crippen molar-refractivity contribution in [2.75, 3.05) is 12.0 Å². The van der Waals surface area contributed by atoms with E-state index in [1.807, 2.05) is 0 Å². The summed E-state index contributed by atoms with van der Waals surface area (Å²) in [6.45, 7) is 0. The van der Waals surface area contributed by atoms with Gasteiger partial charge in [-0.05, 0) is 35.9 Å². The fourth-order valence-electron chi connectivity index (χ4n) is 2.44. The highest BCUT2D eigenvalue weighted by Gasteiger charge is 2.33. The van der Waals surface area contributed by atoms with Crippen LogP contribution in [0, 0.1) is 10.1 Å². The van der Waals surface area contributed by atoms with Crippen LogP contribution in [0.2, 0.25) is 5.02 Å².